The van der Waals surface area contributed by atoms with Gasteiger partial charge < -0.3 is 4.74 Å². The van der Waals surface area contributed by atoms with E-state index in [-0.39, 0.29) is 4.90 Å². The van der Waals surface area contributed by atoms with Gasteiger partial charge in [-0.1, -0.05) is 17.7 Å². The molecule has 0 bridgehead atoms. The zero-order valence-electron chi connectivity index (χ0n) is 10.9. The first-order chi connectivity index (χ1) is 8.19. The number of ether oxygens (including phenoxy) is 1. The van der Waals surface area contributed by atoms with Crippen molar-refractivity contribution in [2.24, 2.45) is 0 Å². The highest BCUT2D eigenvalue weighted by molar-refractivity contribution is 7.89. The van der Waals surface area contributed by atoms with E-state index in [1.54, 1.807) is 12.1 Å². The molecular weight excluding hydrogens is 254 g/mol. The second-order valence-corrected chi connectivity index (χ2v) is 6.22. The summed E-state index contributed by atoms with van der Waals surface area (Å²) >= 11 is 0. The third kappa shape index (κ3) is 3.30. The SMILES string of the molecule is COC(=O)C(C)(C)NS(=O)(=O)c1ccc(C)cc1. The molecule has 0 atom stereocenters. The largest absolute Gasteiger partial charge is 0.468 e. The van der Waals surface area contributed by atoms with Gasteiger partial charge >= 0.3 is 5.97 Å². The maximum Gasteiger partial charge on any atom is 0.326 e. The van der Waals surface area contributed by atoms with E-state index in [4.69, 9.17) is 0 Å². The molecule has 0 saturated carbocycles. The molecule has 0 aliphatic rings. The number of rotatable bonds is 4. The van der Waals surface area contributed by atoms with Crippen LogP contribution in [0.4, 0.5) is 0 Å². The van der Waals surface area contributed by atoms with E-state index in [1.807, 2.05) is 6.92 Å². The first-order valence-corrected chi connectivity index (χ1v) is 6.86. The molecule has 18 heavy (non-hydrogen) atoms. The van der Waals surface area contributed by atoms with Gasteiger partial charge in [0.05, 0.1) is 12.0 Å². The van der Waals surface area contributed by atoms with E-state index in [1.165, 1.54) is 33.1 Å². The molecular formula is C12H17NO4S. The van der Waals surface area contributed by atoms with Crippen molar-refractivity contribution in [1.29, 1.82) is 0 Å². The maximum absolute atomic E-state index is 12.1. The van der Waals surface area contributed by atoms with Crippen molar-refractivity contribution in [2.45, 2.75) is 31.2 Å². The fraction of sp³-hybridized carbons (Fsp3) is 0.417. The van der Waals surface area contributed by atoms with Gasteiger partial charge in [-0.15, -0.1) is 0 Å². The molecule has 0 unspecified atom stereocenters. The molecule has 5 nitrogen and oxygen atoms in total. The molecule has 0 fully saturated rings. The number of esters is 1. The minimum absolute atomic E-state index is 0.116. The van der Waals surface area contributed by atoms with Gasteiger partial charge in [-0.25, -0.2) is 8.42 Å². The van der Waals surface area contributed by atoms with E-state index in [9.17, 15) is 13.2 Å². The number of sulfonamides is 1. The Balaban J connectivity index is 3.02. The Hall–Kier alpha value is -1.40. The summed E-state index contributed by atoms with van der Waals surface area (Å²) in [6, 6.07) is 6.37. The molecule has 0 amide bonds. The minimum atomic E-state index is -3.74. The summed E-state index contributed by atoms with van der Waals surface area (Å²) in [5.74, 6) is -0.641. The van der Waals surface area contributed by atoms with Crippen LogP contribution in [-0.4, -0.2) is 27.0 Å². The molecule has 1 N–H and O–H groups in total. The van der Waals surface area contributed by atoms with E-state index >= 15 is 0 Å². The fourth-order valence-corrected chi connectivity index (χ4v) is 2.78. The van der Waals surface area contributed by atoms with Crippen molar-refractivity contribution in [3.8, 4) is 0 Å². The van der Waals surface area contributed by atoms with Crippen LogP contribution in [0.25, 0.3) is 0 Å². The van der Waals surface area contributed by atoms with Crippen LogP contribution in [0.2, 0.25) is 0 Å². The third-order valence-electron chi connectivity index (χ3n) is 2.42. The van der Waals surface area contributed by atoms with Gasteiger partial charge in [0.15, 0.2) is 0 Å². The molecule has 0 radical (unpaired) electrons. The van der Waals surface area contributed by atoms with Gasteiger partial charge in [0, 0.05) is 0 Å². The monoisotopic (exact) mass is 271 g/mol. The number of hydrogen-bond acceptors (Lipinski definition) is 4. The van der Waals surface area contributed by atoms with Crippen LogP contribution >= 0.6 is 0 Å². The highest BCUT2D eigenvalue weighted by atomic mass is 32.2. The van der Waals surface area contributed by atoms with Crippen LogP contribution in [0, 0.1) is 6.92 Å². The molecule has 0 aromatic heterocycles. The average Bonchev–Trinajstić information content (AvgIpc) is 2.27. The summed E-state index contributed by atoms with van der Waals surface area (Å²) in [5, 5.41) is 0. The first kappa shape index (κ1) is 14.7. The fourth-order valence-electron chi connectivity index (χ4n) is 1.41. The minimum Gasteiger partial charge on any atom is -0.468 e. The van der Waals surface area contributed by atoms with E-state index in [2.05, 4.69) is 9.46 Å². The summed E-state index contributed by atoms with van der Waals surface area (Å²) in [4.78, 5) is 11.6. The van der Waals surface area contributed by atoms with Gasteiger partial charge in [0.25, 0.3) is 0 Å². The van der Waals surface area contributed by atoms with E-state index in [0.717, 1.165) is 5.56 Å². The number of methoxy groups -OCH3 is 1. The van der Waals surface area contributed by atoms with Crippen molar-refractivity contribution in [1.82, 2.24) is 4.72 Å². The Bertz CT molecular complexity index is 532. The van der Waals surface area contributed by atoms with Gasteiger partial charge in [-0.3, -0.25) is 4.79 Å². The van der Waals surface area contributed by atoms with Crippen molar-refractivity contribution in [2.75, 3.05) is 7.11 Å². The summed E-state index contributed by atoms with van der Waals surface area (Å²) in [5.41, 5.74) is -0.348. The van der Waals surface area contributed by atoms with E-state index in [0.29, 0.717) is 0 Å². The lowest BCUT2D eigenvalue weighted by molar-refractivity contribution is -0.146. The highest BCUT2D eigenvalue weighted by Crippen LogP contribution is 2.14. The van der Waals surface area contributed by atoms with Crippen molar-refractivity contribution < 1.29 is 17.9 Å². The Labute approximate surface area is 107 Å². The van der Waals surface area contributed by atoms with Crippen LogP contribution in [0.3, 0.4) is 0 Å². The lowest BCUT2D eigenvalue weighted by Crippen LogP contribution is -2.50. The predicted molar refractivity (Wildman–Crippen MR) is 67.6 cm³/mol. The Morgan fingerprint density at radius 2 is 1.72 bits per heavy atom. The normalized spacial score (nSPS) is 12.2. The van der Waals surface area contributed by atoms with Crippen LogP contribution in [-0.2, 0) is 19.6 Å². The molecule has 6 heteroatoms. The molecule has 100 valence electrons. The molecule has 0 spiro atoms. The summed E-state index contributed by atoms with van der Waals surface area (Å²) in [6.07, 6.45) is 0. The molecule has 1 rings (SSSR count). The molecule has 0 aliphatic carbocycles. The van der Waals surface area contributed by atoms with Crippen LogP contribution in [0.1, 0.15) is 19.4 Å². The first-order valence-electron chi connectivity index (χ1n) is 5.38. The smallest absolute Gasteiger partial charge is 0.326 e. The zero-order valence-corrected chi connectivity index (χ0v) is 11.7. The van der Waals surface area contributed by atoms with Gasteiger partial charge in [-0.05, 0) is 32.9 Å². The number of carbonyl (C=O) groups excluding carboxylic acids is 1. The second kappa shape index (κ2) is 5.07. The summed E-state index contributed by atoms with van der Waals surface area (Å²) < 4.78 is 31.0. The molecule has 1 aromatic carbocycles. The molecule has 0 aliphatic heterocycles. The van der Waals surface area contributed by atoms with Crippen LogP contribution in [0.5, 0.6) is 0 Å². The quantitative estimate of drug-likeness (QED) is 0.836. The highest BCUT2D eigenvalue weighted by Gasteiger charge is 2.34. The average molecular weight is 271 g/mol. The molecule has 0 heterocycles. The maximum atomic E-state index is 12.1. The third-order valence-corrected chi connectivity index (χ3v) is 4.09. The zero-order chi connectivity index (χ0) is 14.0. The van der Waals surface area contributed by atoms with Gasteiger partial charge in [0.2, 0.25) is 10.0 Å². The predicted octanol–water partition coefficient (Wildman–Crippen LogP) is 1.22. The Morgan fingerprint density at radius 3 is 2.17 bits per heavy atom. The van der Waals surface area contributed by atoms with Gasteiger partial charge in [0.1, 0.15) is 5.54 Å². The van der Waals surface area contributed by atoms with Crippen molar-refractivity contribution in [3.63, 3.8) is 0 Å². The van der Waals surface area contributed by atoms with Crippen molar-refractivity contribution >= 4 is 16.0 Å². The number of nitrogens with one attached hydrogen (secondary N) is 1. The summed E-state index contributed by atoms with van der Waals surface area (Å²) in [6.45, 7) is 4.76. The Kier molecular flexibility index (Phi) is 4.13. The van der Waals surface area contributed by atoms with Crippen LogP contribution < -0.4 is 4.72 Å². The topological polar surface area (TPSA) is 72.5 Å². The standard InChI is InChI=1S/C12H17NO4S/c1-9-5-7-10(8-6-9)18(15,16)13-12(2,3)11(14)17-4/h5-8,13H,1-4H3. The van der Waals surface area contributed by atoms with Gasteiger partial charge in [-0.2, -0.15) is 4.72 Å². The molecule has 0 saturated heterocycles. The number of hydrogen-bond donors (Lipinski definition) is 1. The number of aryl methyl sites for hydroxylation is 1. The van der Waals surface area contributed by atoms with Crippen LogP contribution in [0.15, 0.2) is 29.2 Å². The van der Waals surface area contributed by atoms with Crippen molar-refractivity contribution in [3.05, 3.63) is 29.8 Å². The number of benzene rings is 1. The second-order valence-electron chi connectivity index (χ2n) is 4.54. The lowest BCUT2D eigenvalue weighted by Gasteiger charge is -2.22. The van der Waals surface area contributed by atoms with E-state index < -0.39 is 21.5 Å². The lowest BCUT2D eigenvalue weighted by atomic mass is 10.1. The number of carbonyl (C=O) groups is 1. The Morgan fingerprint density at radius 1 is 1.22 bits per heavy atom. The molecule has 1 aromatic rings. The summed E-state index contributed by atoms with van der Waals surface area (Å²) in [7, 11) is -2.53.